The van der Waals surface area contributed by atoms with Gasteiger partial charge < -0.3 is 15.4 Å². The van der Waals surface area contributed by atoms with E-state index in [9.17, 15) is 4.79 Å². The molecule has 5 unspecified atom stereocenters. The second kappa shape index (κ2) is 6.32. The highest BCUT2D eigenvalue weighted by molar-refractivity contribution is 5.85. The molecule has 6 aliphatic rings. The number of carbonyl (C=O) groups is 1. The minimum absolute atomic E-state index is 0.0127. The number of rotatable bonds is 4. The number of ether oxygens (including phenoxy) is 1. The van der Waals surface area contributed by atoms with Gasteiger partial charge in [-0.3, -0.25) is 4.79 Å². The summed E-state index contributed by atoms with van der Waals surface area (Å²) in [6.45, 7) is 6.04. The molecule has 1 saturated heterocycles. The number of nitrogens with two attached hydrogens (primary N) is 1. The fourth-order valence-electron chi connectivity index (χ4n) is 7.78. The Hall–Kier alpha value is -1.39. The molecular formula is C26H36N2O2. The molecule has 1 heterocycles. The van der Waals surface area contributed by atoms with E-state index in [4.69, 9.17) is 10.5 Å². The van der Waals surface area contributed by atoms with Crippen LogP contribution in [0.3, 0.4) is 0 Å². The van der Waals surface area contributed by atoms with E-state index in [-0.39, 0.29) is 22.3 Å². The van der Waals surface area contributed by atoms with Crippen molar-refractivity contribution in [3.8, 4) is 0 Å². The lowest BCUT2D eigenvalue weighted by molar-refractivity contribution is -0.148. The molecule has 4 nitrogen and oxygen atoms in total. The topological polar surface area (TPSA) is 55.6 Å². The van der Waals surface area contributed by atoms with Gasteiger partial charge in [-0.05, 0) is 67.3 Å². The van der Waals surface area contributed by atoms with Gasteiger partial charge in [0.25, 0.3) is 0 Å². The first-order valence-corrected chi connectivity index (χ1v) is 12.1. The first-order chi connectivity index (χ1) is 14.3. The van der Waals surface area contributed by atoms with E-state index in [0.29, 0.717) is 30.0 Å². The quantitative estimate of drug-likeness (QED) is 0.823. The van der Waals surface area contributed by atoms with Gasteiger partial charge in [0.1, 0.15) is 0 Å². The van der Waals surface area contributed by atoms with Gasteiger partial charge in [-0.25, -0.2) is 0 Å². The highest BCUT2D eigenvalue weighted by atomic mass is 16.5. The largest absolute Gasteiger partial charge is 0.374 e. The van der Waals surface area contributed by atoms with Crippen molar-refractivity contribution in [2.75, 3.05) is 13.1 Å². The van der Waals surface area contributed by atoms with Gasteiger partial charge in [-0.15, -0.1) is 0 Å². The Bertz CT molecular complexity index is 850. The SMILES string of the molecule is CC1(C)CN(C(=O)C23CC4CC(c5ccccc5)(CC2C4OC2CC2)C3)CC[C@@H]1N. The predicted molar refractivity (Wildman–Crippen MR) is 117 cm³/mol. The summed E-state index contributed by atoms with van der Waals surface area (Å²) in [4.78, 5) is 16.4. The van der Waals surface area contributed by atoms with Crippen LogP contribution in [0, 0.1) is 22.7 Å². The summed E-state index contributed by atoms with van der Waals surface area (Å²) in [6.07, 6.45) is 8.43. The molecular weight excluding hydrogens is 372 g/mol. The molecule has 1 aromatic carbocycles. The van der Waals surface area contributed by atoms with Gasteiger partial charge in [0.2, 0.25) is 5.91 Å². The molecule has 6 atom stereocenters. The number of benzene rings is 1. The Morgan fingerprint density at radius 1 is 1.10 bits per heavy atom. The van der Waals surface area contributed by atoms with E-state index in [2.05, 4.69) is 49.1 Å². The Labute approximate surface area is 180 Å². The van der Waals surface area contributed by atoms with E-state index in [0.717, 1.165) is 38.8 Å². The van der Waals surface area contributed by atoms with Crippen LogP contribution in [-0.2, 0) is 14.9 Å². The van der Waals surface area contributed by atoms with Crippen LogP contribution in [0.1, 0.15) is 64.4 Å². The third-order valence-corrected chi connectivity index (χ3v) is 9.40. The van der Waals surface area contributed by atoms with Crippen LogP contribution < -0.4 is 5.73 Å². The molecule has 162 valence electrons. The van der Waals surface area contributed by atoms with Gasteiger partial charge in [0, 0.05) is 25.0 Å². The number of carbonyl (C=O) groups excluding carboxylic acids is 1. The lowest BCUT2D eigenvalue weighted by atomic mass is 9.63. The van der Waals surface area contributed by atoms with E-state index >= 15 is 0 Å². The molecule has 7 rings (SSSR count). The molecule has 4 heteroatoms. The fourth-order valence-corrected chi connectivity index (χ4v) is 7.78. The summed E-state index contributed by atoms with van der Waals surface area (Å²) in [7, 11) is 0. The summed E-state index contributed by atoms with van der Waals surface area (Å²) >= 11 is 0. The van der Waals surface area contributed by atoms with E-state index in [1.807, 2.05) is 0 Å². The Kier molecular flexibility index (Phi) is 4.07. The van der Waals surface area contributed by atoms with Crippen LogP contribution in [0.25, 0.3) is 0 Å². The zero-order valence-corrected chi connectivity index (χ0v) is 18.5. The Balaban J connectivity index is 1.35. The van der Waals surface area contributed by atoms with E-state index in [1.165, 1.54) is 24.8 Å². The number of amides is 1. The standard InChI is InChI=1S/C26H36N2O2/c1-24(2)16-28(11-10-21(24)27)23(29)26-13-17-12-25(15-26,18-6-4-3-5-7-18)14-20(26)22(17)30-19-8-9-19/h3-7,17,19-22H,8-16,27H2,1-2H3/t17?,20?,21-,22?,25?,26?/m0/s1. The van der Waals surface area contributed by atoms with Gasteiger partial charge in [0.05, 0.1) is 17.6 Å². The lowest BCUT2D eigenvalue weighted by Gasteiger charge is -2.47. The normalized spacial score (nSPS) is 43.9. The van der Waals surface area contributed by atoms with Gasteiger partial charge in [-0.2, -0.15) is 0 Å². The predicted octanol–water partition coefficient (Wildman–Crippen LogP) is 3.88. The van der Waals surface area contributed by atoms with Gasteiger partial charge in [-0.1, -0.05) is 44.2 Å². The minimum atomic E-state index is -0.226. The van der Waals surface area contributed by atoms with Crippen molar-refractivity contribution in [1.29, 1.82) is 0 Å². The molecule has 1 amide bonds. The first kappa shape index (κ1) is 19.3. The van der Waals surface area contributed by atoms with Crippen molar-refractivity contribution in [1.82, 2.24) is 4.90 Å². The molecule has 0 radical (unpaired) electrons. The van der Waals surface area contributed by atoms with Gasteiger partial charge in [0.15, 0.2) is 0 Å². The summed E-state index contributed by atoms with van der Waals surface area (Å²) in [5, 5.41) is 0. The van der Waals surface area contributed by atoms with Crippen molar-refractivity contribution in [2.24, 2.45) is 28.4 Å². The molecule has 30 heavy (non-hydrogen) atoms. The third-order valence-electron chi connectivity index (χ3n) is 9.40. The molecule has 5 aliphatic carbocycles. The van der Waals surface area contributed by atoms with Gasteiger partial charge >= 0.3 is 0 Å². The zero-order valence-electron chi connectivity index (χ0n) is 18.5. The van der Waals surface area contributed by atoms with Crippen LogP contribution in [0.15, 0.2) is 30.3 Å². The molecule has 0 spiro atoms. The highest BCUT2D eigenvalue weighted by Crippen LogP contribution is 2.72. The monoisotopic (exact) mass is 408 g/mol. The van der Waals surface area contributed by atoms with Crippen molar-refractivity contribution in [3.05, 3.63) is 35.9 Å². The van der Waals surface area contributed by atoms with Crippen molar-refractivity contribution >= 4 is 5.91 Å². The fraction of sp³-hybridized carbons (Fsp3) is 0.731. The molecule has 1 aromatic rings. The van der Waals surface area contributed by atoms with E-state index in [1.54, 1.807) is 0 Å². The first-order valence-electron chi connectivity index (χ1n) is 12.1. The van der Waals surface area contributed by atoms with Crippen molar-refractivity contribution in [3.63, 3.8) is 0 Å². The number of hydrogen-bond acceptors (Lipinski definition) is 3. The zero-order chi connectivity index (χ0) is 20.7. The summed E-state index contributed by atoms with van der Waals surface area (Å²) in [5.41, 5.74) is 7.75. The maximum absolute atomic E-state index is 14.2. The van der Waals surface area contributed by atoms with Crippen LogP contribution in [0.2, 0.25) is 0 Å². The van der Waals surface area contributed by atoms with Crippen LogP contribution in [0.4, 0.5) is 0 Å². The third kappa shape index (κ3) is 2.69. The highest BCUT2D eigenvalue weighted by Gasteiger charge is 2.72. The Morgan fingerprint density at radius 3 is 2.57 bits per heavy atom. The lowest BCUT2D eigenvalue weighted by Crippen LogP contribution is -2.57. The van der Waals surface area contributed by atoms with Crippen LogP contribution >= 0.6 is 0 Å². The molecule has 1 aliphatic heterocycles. The smallest absolute Gasteiger partial charge is 0.229 e. The van der Waals surface area contributed by atoms with Crippen molar-refractivity contribution < 1.29 is 9.53 Å². The Morgan fingerprint density at radius 2 is 1.87 bits per heavy atom. The number of likely N-dealkylation sites (tertiary alicyclic amines) is 1. The number of hydrogen-bond donors (Lipinski definition) is 1. The second-order valence-corrected chi connectivity index (χ2v) is 11.9. The molecule has 2 N–H and O–H groups in total. The molecule has 5 saturated carbocycles. The molecule has 0 aromatic heterocycles. The van der Waals surface area contributed by atoms with Crippen LogP contribution in [0.5, 0.6) is 0 Å². The number of piperidine rings is 1. The van der Waals surface area contributed by atoms with E-state index < -0.39 is 0 Å². The average Bonchev–Trinajstić information content (AvgIpc) is 3.48. The molecule has 4 bridgehead atoms. The van der Waals surface area contributed by atoms with Crippen LogP contribution in [-0.4, -0.2) is 42.1 Å². The minimum Gasteiger partial charge on any atom is -0.374 e. The average molecular weight is 409 g/mol. The summed E-state index contributed by atoms with van der Waals surface area (Å²) in [6, 6.07) is 11.2. The summed E-state index contributed by atoms with van der Waals surface area (Å²) in [5.74, 6) is 1.32. The van der Waals surface area contributed by atoms with Crippen molar-refractivity contribution in [2.45, 2.75) is 82.5 Å². The maximum atomic E-state index is 14.2. The molecule has 6 fully saturated rings. The summed E-state index contributed by atoms with van der Waals surface area (Å²) < 4.78 is 6.60. The second-order valence-electron chi connectivity index (χ2n) is 11.9. The number of nitrogens with zero attached hydrogens (tertiary/aromatic N) is 1. The maximum Gasteiger partial charge on any atom is 0.229 e.